The monoisotopic (exact) mass is 372 g/mol. The predicted molar refractivity (Wildman–Crippen MR) is 95.2 cm³/mol. The molecule has 0 saturated heterocycles. The van der Waals surface area contributed by atoms with Gasteiger partial charge in [0.25, 0.3) is 0 Å². The van der Waals surface area contributed by atoms with Crippen molar-refractivity contribution in [2.24, 2.45) is 0 Å². The van der Waals surface area contributed by atoms with Gasteiger partial charge in [0.2, 0.25) is 0 Å². The zero-order valence-corrected chi connectivity index (χ0v) is 14.9. The lowest BCUT2D eigenvalue weighted by atomic mass is 10.1. The lowest BCUT2D eigenvalue weighted by Gasteiger charge is -2.15. The van der Waals surface area contributed by atoms with Gasteiger partial charge in [0.05, 0.1) is 11.2 Å². The maximum Gasteiger partial charge on any atom is 0.188 e. The number of Topliss-reactive ketones (excluding diaryl/α,β-unsaturated/α-hetero) is 1. The Morgan fingerprint density at radius 2 is 1.69 bits per heavy atom. The minimum atomic E-state index is -3.84. The van der Waals surface area contributed by atoms with Crippen LogP contribution in [0.15, 0.2) is 76.2 Å². The molecule has 134 valence electrons. The van der Waals surface area contributed by atoms with Crippen LogP contribution in [0, 0.1) is 12.7 Å². The first-order valence-electron chi connectivity index (χ1n) is 8.00. The number of hydrogen-bond acceptors (Lipinski definition) is 4. The van der Waals surface area contributed by atoms with Crippen molar-refractivity contribution in [1.29, 1.82) is 0 Å². The van der Waals surface area contributed by atoms with Crippen LogP contribution in [0.2, 0.25) is 0 Å². The lowest BCUT2D eigenvalue weighted by Crippen LogP contribution is -2.17. The second kappa shape index (κ2) is 7.25. The zero-order valence-electron chi connectivity index (χ0n) is 14.1. The van der Waals surface area contributed by atoms with E-state index in [0.29, 0.717) is 0 Å². The van der Waals surface area contributed by atoms with Gasteiger partial charge in [0.15, 0.2) is 15.6 Å². The molecule has 0 saturated carbocycles. The van der Waals surface area contributed by atoms with Gasteiger partial charge in [-0.2, -0.15) is 0 Å². The van der Waals surface area contributed by atoms with Crippen molar-refractivity contribution in [1.82, 2.24) is 0 Å². The summed E-state index contributed by atoms with van der Waals surface area (Å²) < 4.78 is 44.5. The van der Waals surface area contributed by atoms with Gasteiger partial charge in [-0.1, -0.05) is 17.7 Å². The highest BCUT2D eigenvalue weighted by molar-refractivity contribution is 7.91. The predicted octanol–water partition coefficient (Wildman–Crippen LogP) is 4.52. The molecular weight excluding hydrogens is 355 g/mol. The van der Waals surface area contributed by atoms with Gasteiger partial charge in [-0.3, -0.25) is 4.79 Å². The van der Waals surface area contributed by atoms with Crippen LogP contribution >= 0.6 is 0 Å². The van der Waals surface area contributed by atoms with Gasteiger partial charge in [-0.25, -0.2) is 12.8 Å². The Hall–Kier alpha value is -2.73. The molecule has 0 amide bonds. The molecule has 1 atom stereocenters. The highest BCUT2D eigenvalue weighted by Gasteiger charge is 2.33. The fraction of sp³-hybridized carbons (Fsp3) is 0.150. The third-order valence-corrected chi connectivity index (χ3v) is 6.20. The Morgan fingerprint density at radius 1 is 1.04 bits per heavy atom. The largest absolute Gasteiger partial charge is 0.468 e. The first-order chi connectivity index (χ1) is 12.4. The second-order valence-corrected chi connectivity index (χ2v) is 8.13. The minimum Gasteiger partial charge on any atom is -0.468 e. The summed E-state index contributed by atoms with van der Waals surface area (Å²) >= 11 is 0. The molecule has 0 fully saturated rings. The smallest absolute Gasteiger partial charge is 0.188 e. The number of sulfone groups is 1. The maximum atomic E-state index is 13.1. The third kappa shape index (κ3) is 3.75. The number of carbonyl (C=O) groups is 1. The van der Waals surface area contributed by atoms with Crippen LogP contribution in [0.5, 0.6) is 0 Å². The SMILES string of the molecule is Cc1ccc(S(=O)(=O)[C@H](CC(=O)c2ccc(F)cc2)c2ccco2)cc1. The summed E-state index contributed by atoms with van der Waals surface area (Å²) in [6.45, 7) is 1.86. The first-order valence-corrected chi connectivity index (χ1v) is 9.55. The summed E-state index contributed by atoms with van der Waals surface area (Å²) in [4.78, 5) is 12.7. The van der Waals surface area contributed by atoms with E-state index in [4.69, 9.17) is 4.42 Å². The topological polar surface area (TPSA) is 64.3 Å². The van der Waals surface area contributed by atoms with Gasteiger partial charge in [-0.05, 0) is 55.5 Å². The van der Waals surface area contributed by atoms with E-state index in [1.54, 1.807) is 18.2 Å². The van der Waals surface area contributed by atoms with Gasteiger partial charge in [0.1, 0.15) is 16.8 Å². The van der Waals surface area contributed by atoms with Crippen molar-refractivity contribution in [3.63, 3.8) is 0 Å². The molecule has 0 unspecified atom stereocenters. The van der Waals surface area contributed by atoms with Gasteiger partial charge in [-0.15, -0.1) is 0 Å². The van der Waals surface area contributed by atoms with E-state index in [-0.39, 0.29) is 22.6 Å². The number of halogens is 1. The summed E-state index contributed by atoms with van der Waals surface area (Å²) in [5.41, 5.74) is 1.18. The molecule has 0 radical (unpaired) electrons. The molecule has 3 rings (SSSR count). The fourth-order valence-electron chi connectivity index (χ4n) is 2.65. The van der Waals surface area contributed by atoms with E-state index >= 15 is 0 Å². The van der Waals surface area contributed by atoms with Crippen molar-refractivity contribution < 1.29 is 22.0 Å². The average Bonchev–Trinajstić information content (AvgIpc) is 3.14. The molecule has 4 nitrogen and oxygen atoms in total. The van der Waals surface area contributed by atoms with Crippen LogP contribution in [0.4, 0.5) is 4.39 Å². The minimum absolute atomic E-state index is 0.122. The summed E-state index contributed by atoms with van der Waals surface area (Å²) in [5.74, 6) is -0.667. The van der Waals surface area contributed by atoms with E-state index in [2.05, 4.69) is 0 Å². The van der Waals surface area contributed by atoms with Crippen molar-refractivity contribution in [2.45, 2.75) is 23.5 Å². The number of furan rings is 1. The summed E-state index contributed by atoms with van der Waals surface area (Å²) in [6, 6.07) is 14.6. The molecule has 2 aromatic carbocycles. The Bertz CT molecular complexity index is 989. The first kappa shape index (κ1) is 18.1. The standard InChI is InChI=1S/C20H17FO4S/c1-14-4-10-17(11-5-14)26(23,24)20(19-3-2-12-25-19)13-18(22)15-6-8-16(21)9-7-15/h2-12,20H,13H2,1H3/t20-/m1/s1. The van der Waals surface area contributed by atoms with Crippen molar-refractivity contribution in [3.05, 3.63) is 89.6 Å². The lowest BCUT2D eigenvalue weighted by molar-refractivity contribution is 0.0978. The molecule has 0 aliphatic heterocycles. The number of benzene rings is 2. The number of hydrogen-bond donors (Lipinski definition) is 0. The van der Waals surface area contributed by atoms with Crippen LogP contribution in [0.25, 0.3) is 0 Å². The molecule has 0 N–H and O–H groups in total. The van der Waals surface area contributed by atoms with Gasteiger partial charge < -0.3 is 4.42 Å². The number of carbonyl (C=O) groups excluding carboxylic acids is 1. The molecule has 3 aromatic rings. The Kier molecular flexibility index (Phi) is 5.04. The van der Waals surface area contributed by atoms with Crippen LogP contribution in [0.1, 0.15) is 33.4 Å². The Morgan fingerprint density at radius 3 is 2.27 bits per heavy atom. The number of aryl methyl sites for hydroxylation is 1. The summed E-state index contributed by atoms with van der Waals surface area (Å²) in [6.07, 6.45) is 1.07. The maximum absolute atomic E-state index is 13.1. The van der Waals surface area contributed by atoms with Gasteiger partial charge >= 0.3 is 0 Å². The zero-order chi connectivity index (χ0) is 18.7. The summed E-state index contributed by atoms with van der Waals surface area (Å²) in [7, 11) is -3.84. The van der Waals surface area contributed by atoms with E-state index in [0.717, 1.165) is 5.56 Å². The van der Waals surface area contributed by atoms with Crippen LogP contribution in [-0.2, 0) is 9.84 Å². The van der Waals surface area contributed by atoms with Gasteiger partial charge in [0, 0.05) is 12.0 Å². The van der Waals surface area contributed by atoms with Crippen LogP contribution in [0.3, 0.4) is 0 Å². The molecule has 0 bridgehead atoms. The highest BCUT2D eigenvalue weighted by atomic mass is 32.2. The fourth-order valence-corrected chi connectivity index (χ4v) is 4.31. The van der Waals surface area contributed by atoms with Crippen LogP contribution in [-0.4, -0.2) is 14.2 Å². The molecule has 0 spiro atoms. The molecule has 26 heavy (non-hydrogen) atoms. The molecule has 0 aliphatic carbocycles. The summed E-state index contributed by atoms with van der Waals surface area (Å²) in [5, 5.41) is -1.15. The van der Waals surface area contributed by atoms with E-state index in [1.165, 1.54) is 48.7 Å². The molecule has 1 aromatic heterocycles. The normalized spacial score (nSPS) is 12.7. The Labute approximate surface area is 151 Å². The van der Waals surface area contributed by atoms with E-state index < -0.39 is 26.7 Å². The van der Waals surface area contributed by atoms with Crippen molar-refractivity contribution in [2.75, 3.05) is 0 Å². The molecular formula is C20H17FO4S. The van der Waals surface area contributed by atoms with E-state index in [1.807, 2.05) is 6.92 Å². The second-order valence-electron chi connectivity index (χ2n) is 6.00. The average molecular weight is 372 g/mol. The third-order valence-electron chi connectivity index (χ3n) is 4.12. The van der Waals surface area contributed by atoms with Crippen molar-refractivity contribution >= 4 is 15.6 Å². The van der Waals surface area contributed by atoms with Crippen molar-refractivity contribution in [3.8, 4) is 0 Å². The number of rotatable bonds is 6. The Balaban J connectivity index is 1.97. The quantitative estimate of drug-likeness (QED) is 0.597. The van der Waals surface area contributed by atoms with Crippen LogP contribution < -0.4 is 0 Å². The molecule has 6 heteroatoms. The molecule has 1 heterocycles. The number of ketones is 1. The van der Waals surface area contributed by atoms with E-state index in [9.17, 15) is 17.6 Å². The molecule has 0 aliphatic rings. The highest BCUT2D eigenvalue weighted by Crippen LogP contribution is 2.33.